The Morgan fingerprint density at radius 1 is 0.370 bits per heavy atom. The summed E-state index contributed by atoms with van der Waals surface area (Å²) in [6, 6.07) is 40.2. The summed E-state index contributed by atoms with van der Waals surface area (Å²) >= 11 is 0. The molecule has 0 unspecified atom stereocenters. The summed E-state index contributed by atoms with van der Waals surface area (Å²) in [5, 5.41) is 0. The van der Waals surface area contributed by atoms with Crippen molar-refractivity contribution in [3.8, 4) is 51.4 Å². The monoisotopic (exact) mass is 614 g/mol. The largest absolute Gasteiger partial charge is 0.488 e. The highest BCUT2D eigenvalue weighted by atomic mass is 16.5. The van der Waals surface area contributed by atoms with E-state index < -0.39 is 0 Å². The molecule has 0 fully saturated rings. The van der Waals surface area contributed by atoms with Gasteiger partial charge in [-0.1, -0.05) is 71.0 Å². The van der Waals surface area contributed by atoms with Crippen molar-refractivity contribution in [3.63, 3.8) is 0 Å². The number of rotatable bonds is 14. The molecule has 0 aliphatic carbocycles. The van der Waals surface area contributed by atoms with E-state index in [1.54, 1.807) is 0 Å². The predicted molar refractivity (Wildman–Crippen MR) is 189 cm³/mol. The Morgan fingerprint density at radius 2 is 0.652 bits per heavy atom. The molecule has 0 bridgehead atoms. The molecule has 5 aromatic carbocycles. The van der Waals surface area contributed by atoms with Crippen LogP contribution in [0.2, 0.25) is 0 Å². The summed E-state index contributed by atoms with van der Waals surface area (Å²) in [5.41, 5.74) is 3.63. The molecular formula is C42H46O4. The van der Waals surface area contributed by atoms with Crippen LogP contribution in [-0.2, 0) is 5.41 Å². The van der Waals surface area contributed by atoms with Crippen LogP contribution >= 0.6 is 0 Å². The molecule has 0 radical (unpaired) electrons. The van der Waals surface area contributed by atoms with Gasteiger partial charge < -0.3 is 18.9 Å². The van der Waals surface area contributed by atoms with E-state index in [1.807, 2.05) is 72.8 Å². The molecule has 0 heterocycles. The van der Waals surface area contributed by atoms with Gasteiger partial charge in [-0.15, -0.1) is 0 Å². The lowest BCUT2D eigenvalue weighted by atomic mass is 9.78. The fourth-order valence-electron chi connectivity index (χ4n) is 5.25. The molecule has 4 nitrogen and oxygen atoms in total. The number of ether oxygens (including phenoxy) is 4. The Kier molecular flexibility index (Phi) is 10.4. The number of hydrogen-bond acceptors (Lipinski definition) is 4. The first-order chi connectivity index (χ1) is 22.2. The van der Waals surface area contributed by atoms with E-state index in [9.17, 15) is 0 Å². The van der Waals surface area contributed by atoms with Gasteiger partial charge in [-0.3, -0.25) is 0 Å². The lowest BCUT2D eigenvalue weighted by Crippen LogP contribution is -2.30. The molecule has 0 saturated heterocycles. The average molecular weight is 615 g/mol. The van der Waals surface area contributed by atoms with Crippen molar-refractivity contribution in [1.29, 1.82) is 0 Å². The van der Waals surface area contributed by atoms with Crippen molar-refractivity contribution >= 4 is 0 Å². The first kappa shape index (κ1) is 32.7. The van der Waals surface area contributed by atoms with Crippen LogP contribution in [0.1, 0.15) is 72.8 Å². The van der Waals surface area contributed by atoms with E-state index in [1.165, 1.54) is 5.56 Å². The predicted octanol–water partition coefficient (Wildman–Crippen LogP) is 12.8. The molecule has 0 N–H and O–H groups in total. The lowest BCUT2D eigenvalue weighted by molar-refractivity contribution is 0.0802. The summed E-state index contributed by atoms with van der Waals surface area (Å²) in [4.78, 5) is 0. The molecule has 5 rings (SSSR count). The quantitative estimate of drug-likeness (QED) is 0.125. The topological polar surface area (TPSA) is 36.9 Å². The molecule has 46 heavy (non-hydrogen) atoms. The number of hydrogen-bond donors (Lipinski definition) is 0. The summed E-state index contributed by atoms with van der Waals surface area (Å²) in [5.74, 6) is 5.52. The van der Waals surface area contributed by atoms with E-state index in [-0.39, 0.29) is 11.0 Å². The standard InChI is InChI=1S/C42H46O4/c1-7-41(5,8-2)33-15-21-36(22-16-33)43-34-17-11-31(12-18-34)32-13-19-35(20-14-32)44-37-23-25-38(26-24-37)45-39-27-29-40(30-28-39)46-42(6,9-3)10-4/h11-30H,7-10H2,1-6H3. The van der Waals surface area contributed by atoms with E-state index in [0.29, 0.717) is 0 Å². The van der Waals surface area contributed by atoms with E-state index in [4.69, 9.17) is 18.9 Å². The van der Waals surface area contributed by atoms with Gasteiger partial charge in [0.05, 0.1) is 0 Å². The SMILES string of the molecule is CCC(C)(CC)Oc1ccc(Oc2ccc(Oc3ccc(-c4ccc(Oc5ccc(C(C)(CC)CC)cc5)cc4)cc3)cc2)cc1. The van der Waals surface area contributed by atoms with Gasteiger partial charge in [0.1, 0.15) is 45.8 Å². The Balaban J connectivity index is 1.14. The third-order valence-corrected chi connectivity index (χ3v) is 9.37. The van der Waals surface area contributed by atoms with Crippen LogP contribution in [0.5, 0.6) is 40.2 Å². The van der Waals surface area contributed by atoms with Gasteiger partial charge in [-0.2, -0.15) is 0 Å². The Morgan fingerprint density at radius 3 is 0.957 bits per heavy atom. The zero-order valence-corrected chi connectivity index (χ0v) is 28.0. The van der Waals surface area contributed by atoms with Gasteiger partial charge in [-0.05, 0) is 140 Å². The minimum Gasteiger partial charge on any atom is -0.488 e. The molecule has 0 aliphatic heterocycles. The maximum atomic E-state index is 6.17. The molecule has 4 heteroatoms. The van der Waals surface area contributed by atoms with Crippen LogP contribution in [0.3, 0.4) is 0 Å². The molecule has 0 atom stereocenters. The summed E-state index contributed by atoms with van der Waals surface area (Å²) in [7, 11) is 0. The highest BCUT2D eigenvalue weighted by molar-refractivity contribution is 5.65. The van der Waals surface area contributed by atoms with Crippen LogP contribution in [0.4, 0.5) is 0 Å². The van der Waals surface area contributed by atoms with Crippen molar-refractivity contribution in [2.24, 2.45) is 0 Å². The first-order valence-corrected chi connectivity index (χ1v) is 16.5. The summed E-state index contributed by atoms with van der Waals surface area (Å²) < 4.78 is 24.4. The second-order valence-electron chi connectivity index (χ2n) is 12.3. The van der Waals surface area contributed by atoms with Crippen molar-refractivity contribution in [3.05, 3.63) is 127 Å². The molecule has 0 spiro atoms. The Labute approximate surface area is 274 Å². The smallest absolute Gasteiger partial charge is 0.127 e. The molecule has 0 amide bonds. The molecule has 0 aromatic heterocycles. The van der Waals surface area contributed by atoms with Gasteiger partial charge in [0.15, 0.2) is 0 Å². The Bertz CT molecular complexity index is 1650. The van der Waals surface area contributed by atoms with Crippen molar-refractivity contribution < 1.29 is 18.9 Å². The van der Waals surface area contributed by atoms with Gasteiger partial charge in [-0.25, -0.2) is 0 Å². The van der Waals surface area contributed by atoms with Gasteiger partial charge in [0, 0.05) is 0 Å². The minimum absolute atomic E-state index is 0.154. The van der Waals surface area contributed by atoms with Crippen LogP contribution < -0.4 is 18.9 Å². The van der Waals surface area contributed by atoms with Crippen LogP contribution in [0.15, 0.2) is 121 Å². The normalized spacial score (nSPS) is 11.6. The molecule has 0 saturated carbocycles. The van der Waals surface area contributed by atoms with E-state index >= 15 is 0 Å². The highest BCUT2D eigenvalue weighted by Gasteiger charge is 2.22. The van der Waals surface area contributed by atoms with Crippen molar-refractivity contribution in [2.45, 2.75) is 78.2 Å². The third-order valence-electron chi connectivity index (χ3n) is 9.37. The zero-order chi connectivity index (χ0) is 32.6. The summed E-state index contributed by atoms with van der Waals surface area (Å²) in [6.45, 7) is 13.3. The number of benzene rings is 5. The van der Waals surface area contributed by atoms with Crippen LogP contribution in [0.25, 0.3) is 11.1 Å². The van der Waals surface area contributed by atoms with Crippen LogP contribution in [0, 0.1) is 0 Å². The fourth-order valence-corrected chi connectivity index (χ4v) is 5.25. The van der Waals surface area contributed by atoms with E-state index in [2.05, 4.69) is 90.1 Å². The fraction of sp³-hybridized carbons (Fsp3) is 0.286. The van der Waals surface area contributed by atoms with Gasteiger partial charge in [0.2, 0.25) is 0 Å². The highest BCUT2D eigenvalue weighted by Crippen LogP contribution is 2.34. The minimum atomic E-state index is -0.154. The maximum Gasteiger partial charge on any atom is 0.127 e. The molecule has 0 aliphatic rings. The van der Waals surface area contributed by atoms with Crippen molar-refractivity contribution in [2.75, 3.05) is 0 Å². The third kappa shape index (κ3) is 8.11. The Hall–Kier alpha value is -4.70. The average Bonchev–Trinajstić information content (AvgIpc) is 3.10. The molecule has 5 aromatic rings. The first-order valence-electron chi connectivity index (χ1n) is 16.5. The lowest BCUT2D eigenvalue weighted by Gasteiger charge is -2.28. The van der Waals surface area contributed by atoms with Gasteiger partial charge in [0.25, 0.3) is 0 Å². The second-order valence-corrected chi connectivity index (χ2v) is 12.3. The van der Waals surface area contributed by atoms with E-state index in [0.717, 1.165) is 77.1 Å². The molecule has 238 valence electrons. The maximum absolute atomic E-state index is 6.17. The second kappa shape index (κ2) is 14.6. The van der Waals surface area contributed by atoms with Crippen molar-refractivity contribution in [1.82, 2.24) is 0 Å². The molecular weight excluding hydrogens is 568 g/mol. The summed E-state index contributed by atoms with van der Waals surface area (Å²) in [6.07, 6.45) is 4.15. The van der Waals surface area contributed by atoms with Crippen LogP contribution in [-0.4, -0.2) is 5.60 Å². The zero-order valence-electron chi connectivity index (χ0n) is 28.0. The van der Waals surface area contributed by atoms with Gasteiger partial charge >= 0.3 is 0 Å².